The first-order valence-corrected chi connectivity index (χ1v) is 7.75. The Bertz CT molecular complexity index is 803. The summed E-state index contributed by atoms with van der Waals surface area (Å²) in [4.78, 5) is 23.0. The van der Waals surface area contributed by atoms with Crippen LogP contribution in [-0.4, -0.2) is 33.2 Å². The number of hydrogen-bond acceptors (Lipinski definition) is 4. The lowest BCUT2D eigenvalue weighted by atomic mass is 9.90. The fourth-order valence-electron chi connectivity index (χ4n) is 2.74. The lowest BCUT2D eigenvalue weighted by molar-refractivity contribution is -0.137. The van der Waals surface area contributed by atoms with Gasteiger partial charge in [0.15, 0.2) is 5.78 Å². The number of carboxylic acids is 1. The third-order valence-electron chi connectivity index (χ3n) is 4.03. The van der Waals surface area contributed by atoms with Gasteiger partial charge in [0.2, 0.25) is 0 Å². The smallest absolute Gasteiger partial charge is 0.306 e. The zero-order chi connectivity index (χ0) is 17.1. The summed E-state index contributed by atoms with van der Waals surface area (Å²) in [5.41, 5.74) is 3.36. The molecule has 0 spiro atoms. The molecule has 6 heteroatoms. The quantitative estimate of drug-likeness (QED) is 0.854. The maximum atomic E-state index is 12.5. The summed E-state index contributed by atoms with van der Waals surface area (Å²) in [6.45, 7) is 0.137. The second kappa shape index (κ2) is 6.70. The van der Waals surface area contributed by atoms with Crippen molar-refractivity contribution < 1.29 is 19.4 Å². The van der Waals surface area contributed by atoms with Gasteiger partial charge >= 0.3 is 5.97 Å². The predicted octanol–water partition coefficient (Wildman–Crippen LogP) is 2.49. The van der Waals surface area contributed by atoms with E-state index in [1.807, 2.05) is 25.3 Å². The Morgan fingerprint density at radius 3 is 2.79 bits per heavy atom. The molecule has 1 heterocycles. The summed E-state index contributed by atoms with van der Waals surface area (Å²) in [5.74, 6) is -0.240. The zero-order valence-electron chi connectivity index (χ0n) is 13.4. The molecule has 0 saturated carbocycles. The highest BCUT2D eigenvalue weighted by Gasteiger charge is 2.24. The summed E-state index contributed by atoms with van der Waals surface area (Å²) < 4.78 is 7.11. The van der Waals surface area contributed by atoms with E-state index in [-0.39, 0.29) is 18.8 Å². The highest BCUT2D eigenvalue weighted by atomic mass is 16.5. The SMILES string of the molecule is Cn1ncc2c1CCC(=Cc1ccc(OCCC(=O)O)cc1)C2=O. The van der Waals surface area contributed by atoms with Gasteiger partial charge in [-0.05, 0) is 36.6 Å². The topological polar surface area (TPSA) is 81.4 Å². The molecule has 1 N–H and O–H groups in total. The molecule has 0 saturated heterocycles. The Hall–Kier alpha value is -2.89. The van der Waals surface area contributed by atoms with Gasteiger partial charge in [-0.1, -0.05) is 12.1 Å². The van der Waals surface area contributed by atoms with Gasteiger partial charge in [-0.3, -0.25) is 14.3 Å². The minimum Gasteiger partial charge on any atom is -0.493 e. The van der Waals surface area contributed by atoms with Crippen molar-refractivity contribution in [3.05, 3.63) is 52.9 Å². The van der Waals surface area contributed by atoms with Crippen molar-refractivity contribution in [3.63, 3.8) is 0 Å². The van der Waals surface area contributed by atoms with Crippen LogP contribution in [0.4, 0.5) is 0 Å². The summed E-state index contributed by atoms with van der Waals surface area (Å²) >= 11 is 0. The van der Waals surface area contributed by atoms with E-state index in [1.165, 1.54) is 0 Å². The first-order chi connectivity index (χ1) is 11.5. The van der Waals surface area contributed by atoms with Crippen molar-refractivity contribution in [1.29, 1.82) is 0 Å². The largest absolute Gasteiger partial charge is 0.493 e. The number of carbonyl (C=O) groups is 2. The fraction of sp³-hybridized carbons (Fsp3) is 0.278. The van der Waals surface area contributed by atoms with Gasteiger partial charge < -0.3 is 9.84 Å². The van der Waals surface area contributed by atoms with E-state index in [4.69, 9.17) is 9.84 Å². The predicted molar refractivity (Wildman–Crippen MR) is 88.0 cm³/mol. The van der Waals surface area contributed by atoms with E-state index >= 15 is 0 Å². The molecule has 1 aromatic heterocycles. The zero-order valence-corrected chi connectivity index (χ0v) is 13.4. The Morgan fingerprint density at radius 2 is 2.08 bits per heavy atom. The van der Waals surface area contributed by atoms with Crippen LogP contribution in [0.5, 0.6) is 5.75 Å². The van der Waals surface area contributed by atoms with E-state index < -0.39 is 5.97 Å². The number of aromatic nitrogens is 2. The van der Waals surface area contributed by atoms with Crippen molar-refractivity contribution in [2.24, 2.45) is 7.05 Å². The van der Waals surface area contributed by atoms with Gasteiger partial charge in [0.05, 0.1) is 24.8 Å². The number of rotatable bonds is 5. The number of carboxylic acid groups (broad SMARTS) is 1. The molecule has 1 aliphatic carbocycles. The molecule has 1 aromatic carbocycles. The maximum absolute atomic E-state index is 12.5. The van der Waals surface area contributed by atoms with Crippen LogP contribution in [0.15, 0.2) is 36.0 Å². The minimum atomic E-state index is -0.887. The molecule has 6 nitrogen and oxygen atoms in total. The second-order valence-corrected chi connectivity index (χ2v) is 5.69. The van der Waals surface area contributed by atoms with Crippen LogP contribution < -0.4 is 4.74 Å². The molecule has 0 radical (unpaired) electrons. The molecule has 0 atom stereocenters. The monoisotopic (exact) mass is 326 g/mol. The first kappa shape index (κ1) is 16.0. The van der Waals surface area contributed by atoms with Gasteiger partial charge in [-0.25, -0.2) is 0 Å². The van der Waals surface area contributed by atoms with Crippen molar-refractivity contribution in [2.45, 2.75) is 19.3 Å². The standard InChI is InChI=1S/C18H18N2O4/c1-20-16-7-4-13(18(23)15(16)11-19-20)10-12-2-5-14(6-3-12)24-9-8-17(21)22/h2-3,5-6,10-11H,4,7-9H2,1H3,(H,21,22). The Kier molecular flexibility index (Phi) is 4.46. The van der Waals surface area contributed by atoms with Gasteiger partial charge in [-0.2, -0.15) is 5.10 Å². The van der Waals surface area contributed by atoms with Crippen LogP contribution >= 0.6 is 0 Å². The van der Waals surface area contributed by atoms with Gasteiger partial charge in [0.1, 0.15) is 5.75 Å². The Balaban J connectivity index is 1.70. The Labute approximate surface area is 139 Å². The number of aliphatic carboxylic acids is 1. The molecule has 124 valence electrons. The molecule has 0 fully saturated rings. The number of ketones is 1. The van der Waals surface area contributed by atoms with Crippen molar-refractivity contribution in [2.75, 3.05) is 6.61 Å². The Morgan fingerprint density at radius 1 is 1.33 bits per heavy atom. The number of hydrogen-bond donors (Lipinski definition) is 1. The first-order valence-electron chi connectivity index (χ1n) is 7.75. The summed E-state index contributed by atoms with van der Waals surface area (Å²) in [6, 6.07) is 7.26. The van der Waals surface area contributed by atoms with Crippen molar-refractivity contribution >= 4 is 17.8 Å². The van der Waals surface area contributed by atoms with Crippen LogP contribution in [0.3, 0.4) is 0 Å². The highest BCUT2D eigenvalue weighted by Crippen LogP contribution is 2.26. The van der Waals surface area contributed by atoms with Crippen molar-refractivity contribution in [3.8, 4) is 5.75 Å². The number of Topliss-reactive ketones (excluding diaryl/α,β-unsaturated/α-hetero) is 1. The van der Waals surface area contributed by atoms with Crippen molar-refractivity contribution in [1.82, 2.24) is 9.78 Å². The molecule has 0 bridgehead atoms. The number of nitrogens with zero attached hydrogens (tertiary/aromatic N) is 2. The van der Waals surface area contributed by atoms with E-state index in [1.54, 1.807) is 23.0 Å². The summed E-state index contributed by atoms with van der Waals surface area (Å²) in [6.07, 6.45) is 4.99. The third kappa shape index (κ3) is 3.37. The van der Waals surface area contributed by atoms with E-state index in [0.717, 1.165) is 23.3 Å². The number of benzene rings is 1. The average Bonchev–Trinajstić information content (AvgIpc) is 2.93. The van der Waals surface area contributed by atoms with E-state index in [2.05, 4.69) is 5.10 Å². The molecule has 0 aliphatic heterocycles. The van der Waals surface area contributed by atoms with Crippen LogP contribution in [0, 0.1) is 0 Å². The lowest BCUT2D eigenvalue weighted by Crippen LogP contribution is -2.14. The van der Waals surface area contributed by atoms with E-state index in [9.17, 15) is 9.59 Å². The van der Waals surface area contributed by atoms with Gasteiger partial charge in [0.25, 0.3) is 0 Å². The molecule has 24 heavy (non-hydrogen) atoms. The number of fused-ring (bicyclic) bond motifs is 1. The molecule has 0 amide bonds. The van der Waals surface area contributed by atoms with Crippen LogP contribution in [0.1, 0.15) is 34.5 Å². The highest BCUT2D eigenvalue weighted by molar-refractivity contribution is 6.12. The molecule has 0 unspecified atom stereocenters. The molecule has 2 aromatic rings. The molecular formula is C18H18N2O4. The summed E-state index contributed by atoms with van der Waals surface area (Å²) in [7, 11) is 1.85. The molecule has 3 rings (SSSR count). The number of allylic oxidation sites excluding steroid dienone is 1. The van der Waals surface area contributed by atoms with Crippen LogP contribution in [-0.2, 0) is 18.3 Å². The van der Waals surface area contributed by atoms with Gasteiger partial charge in [0, 0.05) is 18.3 Å². The molecular weight excluding hydrogens is 308 g/mol. The lowest BCUT2D eigenvalue weighted by Gasteiger charge is -2.14. The third-order valence-corrected chi connectivity index (χ3v) is 4.03. The number of ether oxygens (including phenoxy) is 1. The number of carbonyl (C=O) groups excluding carboxylic acids is 1. The molecule has 1 aliphatic rings. The number of aryl methyl sites for hydroxylation is 1. The van der Waals surface area contributed by atoms with E-state index in [0.29, 0.717) is 17.7 Å². The second-order valence-electron chi connectivity index (χ2n) is 5.69. The van der Waals surface area contributed by atoms with Crippen LogP contribution in [0.25, 0.3) is 6.08 Å². The normalized spacial score (nSPS) is 15.4. The summed E-state index contributed by atoms with van der Waals surface area (Å²) in [5, 5.41) is 12.7. The average molecular weight is 326 g/mol. The maximum Gasteiger partial charge on any atom is 0.306 e. The minimum absolute atomic E-state index is 0.0335. The van der Waals surface area contributed by atoms with Gasteiger partial charge in [-0.15, -0.1) is 0 Å². The van der Waals surface area contributed by atoms with Crippen LogP contribution in [0.2, 0.25) is 0 Å². The fourth-order valence-corrected chi connectivity index (χ4v) is 2.74.